The summed E-state index contributed by atoms with van der Waals surface area (Å²) in [5, 5.41) is 0.233. The number of carbonyl (C=O) groups excluding carboxylic acids is 1. The van der Waals surface area contributed by atoms with Gasteiger partial charge < -0.3 is 4.90 Å². The highest BCUT2D eigenvalue weighted by Gasteiger charge is 2.31. The van der Waals surface area contributed by atoms with Crippen molar-refractivity contribution in [3.05, 3.63) is 0 Å². The van der Waals surface area contributed by atoms with Crippen LogP contribution in [0.5, 0.6) is 0 Å². The van der Waals surface area contributed by atoms with E-state index >= 15 is 0 Å². The van der Waals surface area contributed by atoms with Crippen LogP contribution in [0.2, 0.25) is 0 Å². The minimum Gasteiger partial charge on any atom is -0.342 e. The standard InChI is InChI=1S/C12H22ClNO/c1-9(13)10-5-7-14(8-6-10)11(15)12(2,3)4/h9-10H,5-8H2,1-4H3. The van der Waals surface area contributed by atoms with Crippen LogP contribution in [0.15, 0.2) is 0 Å². The van der Waals surface area contributed by atoms with Gasteiger partial charge in [-0.3, -0.25) is 4.79 Å². The molecule has 1 amide bonds. The molecule has 0 bridgehead atoms. The summed E-state index contributed by atoms with van der Waals surface area (Å²) in [4.78, 5) is 14.0. The van der Waals surface area contributed by atoms with E-state index in [1.165, 1.54) is 0 Å². The lowest BCUT2D eigenvalue weighted by Crippen LogP contribution is -2.45. The van der Waals surface area contributed by atoms with E-state index in [1.807, 2.05) is 32.6 Å². The van der Waals surface area contributed by atoms with Crippen LogP contribution >= 0.6 is 11.6 Å². The summed E-state index contributed by atoms with van der Waals surface area (Å²) in [5.41, 5.74) is -0.251. The number of nitrogens with zero attached hydrogens (tertiary/aromatic N) is 1. The van der Waals surface area contributed by atoms with E-state index in [1.54, 1.807) is 0 Å². The predicted molar refractivity (Wildman–Crippen MR) is 64.1 cm³/mol. The summed E-state index contributed by atoms with van der Waals surface area (Å²) in [6.45, 7) is 9.73. The van der Waals surface area contributed by atoms with Crippen LogP contribution in [-0.2, 0) is 4.79 Å². The number of carbonyl (C=O) groups is 1. The first-order chi connectivity index (χ1) is 6.82. The summed E-state index contributed by atoms with van der Waals surface area (Å²) in [7, 11) is 0. The Morgan fingerprint density at radius 1 is 1.33 bits per heavy atom. The van der Waals surface area contributed by atoms with Crippen LogP contribution < -0.4 is 0 Å². The smallest absolute Gasteiger partial charge is 0.227 e. The van der Waals surface area contributed by atoms with Gasteiger partial charge in [0.1, 0.15) is 0 Å². The Labute approximate surface area is 98.0 Å². The van der Waals surface area contributed by atoms with Crippen molar-refractivity contribution in [3.63, 3.8) is 0 Å². The molecule has 1 saturated heterocycles. The first-order valence-corrected chi connectivity index (χ1v) is 6.19. The molecule has 1 fully saturated rings. The molecule has 0 saturated carbocycles. The highest BCUT2D eigenvalue weighted by atomic mass is 35.5. The van der Waals surface area contributed by atoms with Crippen LogP contribution in [0.1, 0.15) is 40.5 Å². The van der Waals surface area contributed by atoms with Gasteiger partial charge in [-0.15, -0.1) is 11.6 Å². The van der Waals surface area contributed by atoms with Gasteiger partial charge in [0.05, 0.1) is 0 Å². The number of likely N-dealkylation sites (tertiary alicyclic amines) is 1. The SMILES string of the molecule is CC(Cl)C1CCN(C(=O)C(C)(C)C)CC1. The third kappa shape index (κ3) is 3.37. The zero-order chi connectivity index (χ0) is 11.6. The van der Waals surface area contributed by atoms with Gasteiger partial charge in [0.15, 0.2) is 0 Å². The molecule has 1 unspecified atom stereocenters. The average Bonchev–Trinajstić information content (AvgIpc) is 2.15. The number of rotatable bonds is 1. The van der Waals surface area contributed by atoms with Crippen LogP contribution in [-0.4, -0.2) is 29.3 Å². The zero-order valence-corrected chi connectivity index (χ0v) is 11.0. The van der Waals surface area contributed by atoms with Crippen LogP contribution in [0.3, 0.4) is 0 Å². The molecule has 0 spiro atoms. The molecule has 2 nitrogen and oxygen atoms in total. The number of piperidine rings is 1. The van der Waals surface area contributed by atoms with Gasteiger partial charge in [-0.05, 0) is 25.7 Å². The van der Waals surface area contributed by atoms with E-state index in [9.17, 15) is 4.79 Å². The van der Waals surface area contributed by atoms with Crippen molar-refractivity contribution in [2.24, 2.45) is 11.3 Å². The molecule has 1 aliphatic rings. The van der Waals surface area contributed by atoms with Gasteiger partial charge in [0, 0.05) is 23.9 Å². The van der Waals surface area contributed by atoms with E-state index < -0.39 is 0 Å². The highest BCUT2D eigenvalue weighted by Crippen LogP contribution is 2.26. The number of amides is 1. The Morgan fingerprint density at radius 3 is 2.13 bits per heavy atom. The second-order valence-electron chi connectivity index (χ2n) is 5.56. The molecule has 1 heterocycles. The highest BCUT2D eigenvalue weighted by molar-refractivity contribution is 6.20. The minimum atomic E-state index is -0.251. The Morgan fingerprint density at radius 2 is 1.80 bits per heavy atom. The third-order valence-electron chi connectivity index (χ3n) is 3.12. The molecule has 0 N–H and O–H groups in total. The van der Waals surface area contributed by atoms with Crippen LogP contribution in [0.25, 0.3) is 0 Å². The summed E-state index contributed by atoms with van der Waals surface area (Å²) in [6, 6.07) is 0. The third-order valence-corrected chi connectivity index (χ3v) is 3.47. The number of halogens is 1. The molecule has 1 atom stereocenters. The van der Waals surface area contributed by atoms with Crippen LogP contribution in [0, 0.1) is 11.3 Å². The topological polar surface area (TPSA) is 20.3 Å². The minimum absolute atomic E-state index is 0.233. The molecule has 1 rings (SSSR count). The molecule has 88 valence electrons. The molecule has 0 aromatic heterocycles. The second kappa shape index (κ2) is 4.73. The summed E-state index contributed by atoms with van der Waals surface area (Å²) < 4.78 is 0. The van der Waals surface area contributed by atoms with Crippen molar-refractivity contribution in [3.8, 4) is 0 Å². The maximum absolute atomic E-state index is 12.0. The molecule has 0 aromatic rings. The van der Waals surface area contributed by atoms with Crippen LogP contribution in [0.4, 0.5) is 0 Å². The predicted octanol–water partition coefficient (Wildman–Crippen LogP) is 2.90. The molecule has 0 radical (unpaired) electrons. The van der Waals surface area contributed by atoms with Crippen molar-refractivity contribution < 1.29 is 4.79 Å². The lowest BCUT2D eigenvalue weighted by molar-refractivity contribution is -0.140. The van der Waals surface area contributed by atoms with E-state index in [2.05, 4.69) is 0 Å². The Kier molecular flexibility index (Phi) is 4.05. The van der Waals surface area contributed by atoms with E-state index in [-0.39, 0.29) is 16.7 Å². The number of hydrogen-bond acceptors (Lipinski definition) is 1. The van der Waals surface area contributed by atoms with Crippen molar-refractivity contribution in [2.45, 2.75) is 45.9 Å². The van der Waals surface area contributed by atoms with Crippen molar-refractivity contribution in [1.29, 1.82) is 0 Å². The summed E-state index contributed by atoms with van der Waals surface area (Å²) >= 11 is 6.07. The first-order valence-electron chi connectivity index (χ1n) is 5.76. The lowest BCUT2D eigenvalue weighted by atomic mass is 9.90. The maximum Gasteiger partial charge on any atom is 0.227 e. The second-order valence-corrected chi connectivity index (χ2v) is 6.25. The van der Waals surface area contributed by atoms with Crippen molar-refractivity contribution in [1.82, 2.24) is 4.90 Å². The molecule has 1 aliphatic heterocycles. The fraction of sp³-hybridized carbons (Fsp3) is 0.917. The number of hydrogen-bond donors (Lipinski definition) is 0. The lowest BCUT2D eigenvalue weighted by Gasteiger charge is -2.36. The summed E-state index contributed by atoms with van der Waals surface area (Å²) in [6.07, 6.45) is 2.10. The normalized spacial score (nSPS) is 21.5. The van der Waals surface area contributed by atoms with Gasteiger partial charge in [0.25, 0.3) is 0 Å². The van der Waals surface area contributed by atoms with Gasteiger partial charge in [-0.2, -0.15) is 0 Å². The Hall–Kier alpha value is -0.240. The fourth-order valence-electron chi connectivity index (χ4n) is 2.04. The molecular formula is C12H22ClNO. The van der Waals surface area contributed by atoms with E-state index in [0.717, 1.165) is 25.9 Å². The van der Waals surface area contributed by atoms with Crippen molar-refractivity contribution >= 4 is 17.5 Å². The molecule has 15 heavy (non-hydrogen) atoms. The molecule has 0 aromatic carbocycles. The summed E-state index contributed by atoms with van der Waals surface area (Å²) in [5.74, 6) is 0.846. The average molecular weight is 232 g/mol. The van der Waals surface area contributed by atoms with Gasteiger partial charge in [-0.1, -0.05) is 20.8 Å². The fourth-order valence-corrected chi connectivity index (χ4v) is 2.29. The maximum atomic E-state index is 12.0. The molecule has 0 aliphatic carbocycles. The molecule has 3 heteroatoms. The largest absolute Gasteiger partial charge is 0.342 e. The molecular weight excluding hydrogens is 210 g/mol. The first kappa shape index (κ1) is 12.8. The van der Waals surface area contributed by atoms with E-state index in [0.29, 0.717) is 5.92 Å². The quantitative estimate of drug-likeness (QED) is 0.636. The monoisotopic (exact) mass is 231 g/mol. The Balaban J connectivity index is 2.48. The zero-order valence-electron chi connectivity index (χ0n) is 10.2. The number of alkyl halides is 1. The Bertz CT molecular complexity index is 224. The van der Waals surface area contributed by atoms with Gasteiger partial charge in [-0.25, -0.2) is 0 Å². The van der Waals surface area contributed by atoms with Crippen molar-refractivity contribution in [2.75, 3.05) is 13.1 Å². The van der Waals surface area contributed by atoms with Gasteiger partial charge in [0.2, 0.25) is 5.91 Å². The van der Waals surface area contributed by atoms with Gasteiger partial charge >= 0.3 is 0 Å². The van der Waals surface area contributed by atoms with E-state index in [4.69, 9.17) is 11.6 Å².